The number of aromatic nitrogens is 2. The highest BCUT2D eigenvalue weighted by molar-refractivity contribution is 6.02. The highest BCUT2D eigenvalue weighted by atomic mass is 16.1. The first kappa shape index (κ1) is 14.3. The van der Waals surface area contributed by atoms with Crippen LogP contribution in [0, 0.1) is 0 Å². The summed E-state index contributed by atoms with van der Waals surface area (Å²) < 4.78 is 0. The van der Waals surface area contributed by atoms with Crippen molar-refractivity contribution in [1.29, 1.82) is 0 Å². The summed E-state index contributed by atoms with van der Waals surface area (Å²) in [6.45, 7) is 6.05. The minimum Gasteiger partial charge on any atom is -0.370 e. The number of nitrogens with zero attached hydrogens (tertiary/aromatic N) is 3. The van der Waals surface area contributed by atoms with Gasteiger partial charge in [-0.1, -0.05) is 0 Å². The molecule has 1 aliphatic carbocycles. The number of rotatable bonds is 3. The van der Waals surface area contributed by atoms with Crippen molar-refractivity contribution < 1.29 is 4.79 Å². The van der Waals surface area contributed by atoms with Crippen LogP contribution in [-0.4, -0.2) is 34.9 Å². The molecule has 1 aromatic heterocycles. The van der Waals surface area contributed by atoms with E-state index in [-0.39, 0.29) is 5.78 Å². The Morgan fingerprint density at radius 2 is 2.10 bits per heavy atom. The summed E-state index contributed by atoms with van der Waals surface area (Å²) >= 11 is 0. The van der Waals surface area contributed by atoms with Crippen LogP contribution in [0.3, 0.4) is 0 Å². The fourth-order valence-corrected chi connectivity index (χ4v) is 3.33. The van der Waals surface area contributed by atoms with Crippen molar-refractivity contribution in [2.45, 2.75) is 58.4 Å². The predicted molar refractivity (Wildman–Crippen MR) is 84.1 cm³/mol. The molecule has 1 aliphatic heterocycles. The zero-order valence-electron chi connectivity index (χ0n) is 13.0. The van der Waals surface area contributed by atoms with Crippen molar-refractivity contribution in [3.63, 3.8) is 0 Å². The fourth-order valence-electron chi connectivity index (χ4n) is 3.33. The number of hydrogen-bond acceptors (Lipinski definition) is 5. The molecule has 21 heavy (non-hydrogen) atoms. The molecule has 0 aromatic carbocycles. The first-order valence-electron chi connectivity index (χ1n) is 8.15. The lowest BCUT2D eigenvalue weighted by Crippen LogP contribution is -2.39. The largest absolute Gasteiger partial charge is 0.370 e. The monoisotopic (exact) mass is 288 g/mol. The molecule has 2 heterocycles. The molecule has 1 N–H and O–H groups in total. The van der Waals surface area contributed by atoms with Crippen molar-refractivity contribution in [1.82, 2.24) is 9.97 Å². The van der Waals surface area contributed by atoms with Gasteiger partial charge in [0.2, 0.25) is 5.95 Å². The number of piperidine rings is 1. The van der Waals surface area contributed by atoms with Crippen molar-refractivity contribution in [2.75, 3.05) is 23.3 Å². The molecule has 3 rings (SSSR count). The molecule has 1 aromatic rings. The van der Waals surface area contributed by atoms with E-state index in [1.807, 2.05) is 6.92 Å². The van der Waals surface area contributed by atoms with E-state index in [1.165, 1.54) is 19.3 Å². The Morgan fingerprint density at radius 1 is 1.24 bits per heavy atom. The van der Waals surface area contributed by atoms with Crippen LogP contribution in [0.1, 0.15) is 62.0 Å². The van der Waals surface area contributed by atoms with Crippen LogP contribution < -0.4 is 10.2 Å². The quantitative estimate of drug-likeness (QED) is 0.927. The van der Waals surface area contributed by atoms with Crippen LogP contribution in [0.25, 0.3) is 0 Å². The van der Waals surface area contributed by atoms with Crippen LogP contribution >= 0.6 is 0 Å². The van der Waals surface area contributed by atoms with Crippen LogP contribution in [0.15, 0.2) is 0 Å². The molecule has 0 amide bonds. The number of fused-ring (bicyclic) bond motifs is 1. The Balaban J connectivity index is 2.02. The molecular weight excluding hydrogens is 264 g/mol. The van der Waals surface area contributed by atoms with Crippen molar-refractivity contribution in [2.24, 2.45) is 0 Å². The van der Waals surface area contributed by atoms with Gasteiger partial charge in [-0.05, 0) is 46.0 Å². The number of nitrogens with one attached hydrogen (secondary N) is 1. The van der Waals surface area contributed by atoms with E-state index >= 15 is 0 Å². The zero-order valence-corrected chi connectivity index (χ0v) is 13.0. The summed E-state index contributed by atoms with van der Waals surface area (Å²) in [7, 11) is 0. The first-order valence-corrected chi connectivity index (χ1v) is 8.15. The lowest BCUT2D eigenvalue weighted by Gasteiger charge is -2.34. The van der Waals surface area contributed by atoms with Crippen molar-refractivity contribution in [3.05, 3.63) is 11.3 Å². The molecule has 0 saturated carbocycles. The fraction of sp³-hybridized carbons (Fsp3) is 0.688. The van der Waals surface area contributed by atoms with E-state index in [0.717, 1.165) is 49.0 Å². The zero-order chi connectivity index (χ0) is 14.8. The van der Waals surface area contributed by atoms with E-state index in [4.69, 9.17) is 4.98 Å². The molecule has 0 spiro atoms. The maximum atomic E-state index is 12.2. The average molecular weight is 288 g/mol. The third kappa shape index (κ3) is 2.74. The van der Waals surface area contributed by atoms with Crippen molar-refractivity contribution in [3.8, 4) is 0 Å². The van der Waals surface area contributed by atoms with Gasteiger partial charge in [-0.2, -0.15) is 4.98 Å². The highest BCUT2D eigenvalue weighted by Crippen LogP contribution is 2.29. The van der Waals surface area contributed by atoms with Gasteiger partial charge in [0.1, 0.15) is 5.82 Å². The standard InChI is InChI=1S/C16H24N4O/c1-3-17-15-14-12(8-6-9-13(14)21)18-16(19-15)20-10-5-4-7-11(20)2/h11H,3-10H2,1-2H3,(H,17,18,19). The lowest BCUT2D eigenvalue weighted by molar-refractivity contribution is 0.0972. The SMILES string of the molecule is CCNc1nc(N2CCCCC2C)nc2c1C(=O)CCC2. The number of carbonyl (C=O) groups is 1. The van der Waals surface area contributed by atoms with Gasteiger partial charge in [0, 0.05) is 25.6 Å². The Morgan fingerprint density at radius 3 is 2.86 bits per heavy atom. The second-order valence-electron chi connectivity index (χ2n) is 6.04. The average Bonchev–Trinajstić information content (AvgIpc) is 2.48. The van der Waals surface area contributed by atoms with E-state index in [9.17, 15) is 4.79 Å². The summed E-state index contributed by atoms with van der Waals surface area (Å²) in [5, 5.41) is 3.26. The van der Waals surface area contributed by atoms with Gasteiger partial charge in [0.05, 0.1) is 11.3 Å². The van der Waals surface area contributed by atoms with Gasteiger partial charge in [-0.3, -0.25) is 4.79 Å². The van der Waals surface area contributed by atoms with Gasteiger partial charge >= 0.3 is 0 Å². The first-order chi connectivity index (χ1) is 10.2. The minimum atomic E-state index is 0.186. The molecule has 1 saturated heterocycles. The molecule has 2 aliphatic rings. The molecule has 1 fully saturated rings. The Labute approximate surface area is 126 Å². The lowest BCUT2D eigenvalue weighted by atomic mass is 9.95. The molecule has 1 unspecified atom stereocenters. The summed E-state index contributed by atoms with van der Waals surface area (Å²) in [5.41, 5.74) is 1.67. The number of aryl methyl sites for hydroxylation is 1. The molecule has 5 nitrogen and oxygen atoms in total. The van der Waals surface area contributed by atoms with Gasteiger partial charge in [-0.15, -0.1) is 0 Å². The second kappa shape index (κ2) is 6.00. The second-order valence-corrected chi connectivity index (χ2v) is 6.04. The molecule has 1 atom stereocenters. The number of Topliss-reactive ketones (excluding diaryl/α,β-unsaturated/α-hetero) is 1. The van der Waals surface area contributed by atoms with E-state index < -0.39 is 0 Å². The normalized spacial score (nSPS) is 22.1. The molecule has 0 radical (unpaired) electrons. The Hall–Kier alpha value is -1.65. The molecular formula is C16H24N4O. The van der Waals surface area contributed by atoms with Crippen LogP contribution in [0.4, 0.5) is 11.8 Å². The molecule has 114 valence electrons. The van der Waals surface area contributed by atoms with Crippen molar-refractivity contribution >= 4 is 17.5 Å². The summed E-state index contributed by atoms with van der Waals surface area (Å²) in [6.07, 6.45) is 6.08. The Kier molecular flexibility index (Phi) is 4.08. The van der Waals surface area contributed by atoms with Gasteiger partial charge in [-0.25, -0.2) is 4.98 Å². The maximum absolute atomic E-state index is 12.2. The van der Waals surface area contributed by atoms with Gasteiger partial charge < -0.3 is 10.2 Å². The highest BCUT2D eigenvalue weighted by Gasteiger charge is 2.27. The predicted octanol–water partition coefficient (Wildman–Crippen LogP) is 2.81. The van der Waals surface area contributed by atoms with E-state index in [1.54, 1.807) is 0 Å². The van der Waals surface area contributed by atoms with Crippen LogP contribution in [0.5, 0.6) is 0 Å². The number of hydrogen-bond donors (Lipinski definition) is 1. The number of ketones is 1. The number of carbonyl (C=O) groups excluding carboxylic acids is 1. The third-order valence-corrected chi connectivity index (χ3v) is 4.47. The summed E-state index contributed by atoms with van der Waals surface area (Å²) in [5.74, 6) is 1.72. The summed E-state index contributed by atoms with van der Waals surface area (Å²) in [4.78, 5) is 23.9. The minimum absolute atomic E-state index is 0.186. The van der Waals surface area contributed by atoms with Gasteiger partial charge in [0.15, 0.2) is 5.78 Å². The smallest absolute Gasteiger partial charge is 0.227 e. The molecule has 5 heteroatoms. The van der Waals surface area contributed by atoms with Crippen LogP contribution in [0.2, 0.25) is 0 Å². The third-order valence-electron chi connectivity index (χ3n) is 4.47. The molecule has 0 bridgehead atoms. The Bertz CT molecular complexity index is 543. The topological polar surface area (TPSA) is 58.1 Å². The van der Waals surface area contributed by atoms with Gasteiger partial charge in [0.25, 0.3) is 0 Å². The van der Waals surface area contributed by atoms with Crippen LogP contribution in [-0.2, 0) is 6.42 Å². The summed E-state index contributed by atoms with van der Waals surface area (Å²) in [6, 6.07) is 0.477. The van der Waals surface area contributed by atoms with E-state index in [0.29, 0.717) is 12.5 Å². The maximum Gasteiger partial charge on any atom is 0.227 e. The van der Waals surface area contributed by atoms with E-state index in [2.05, 4.69) is 22.1 Å². The number of anilines is 2.